The number of benzene rings is 1. The fourth-order valence-corrected chi connectivity index (χ4v) is 3.15. The van der Waals surface area contributed by atoms with E-state index in [1.807, 2.05) is 43.7 Å². The van der Waals surface area contributed by atoms with Gasteiger partial charge in [-0.1, -0.05) is 27.5 Å². The van der Waals surface area contributed by atoms with Gasteiger partial charge in [-0.25, -0.2) is 9.67 Å². The van der Waals surface area contributed by atoms with E-state index >= 15 is 0 Å². The van der Waals surface area contributed by atoms with Gasteiger partial charge in [0.15, 0.2) is 5.65 Å². The van der Waals surface area contributed by atoms with E-state index in [1.165, 1.54) is 0 Å². The summed E-state index contributed by atoms with van der Waals surface area (Å²) in [6.07, 6.45) is 0. The summed E-state index contributed by atoms with van der Waals surface area (Å²) in [5.74, 6) is 0.753. The maximum atomic E-state index is 6.38. The standard InChI is InChI=1S/C14H13BrCl2N4/c1-7(16)13-18-12-8(2)19-20(3)14(12)21(13)11-6-9(15)4-5-10(11)17/h4-7H,1-3H3. The third kappa shape index (κ3) is 2.37. The summed E-state index contributed by atoms with van der Waals surface area (Å²) >= 11 is 16.2. The quantitative estimate of drug-likeness (QED) is 0.593. The van der Waals surface area contributed by atoms with Crippen LogP contribution in [0.25, 0.3) is 16.9 Å². The van der Waals surface area contributed by atoms with E-state index in [4.69, 9.17) is 23.2 Å². The Morgan fingerprint density at radius 3 is 2.71 bits per heavy atom. The van der Waals surface area contributed by atoms with Crippen LogP contribution in [0, 0.1) is 6.92 Å². The van der Waals surface area contributed by atoms with E-state index in [2.05, 4.69) is 26.0 Å². The molecule has 0 fully saturated rings. The van der Waals surface area contributed by atoms with Crippen molar-refractivity contribution in [1.82, 2.24) is 19.3 Å². The lowest BCUT2D eigenvalue weighted by Crippen LogP contribution is -2.06. The number of alkyl halides is 1. The summed E-state index contributed by atoms with van der Waals surface area (Å²) < 4.78 is 4.72. The van der Waals surface area contributed by atoms with E-state index in [-0.39, 0.29) is 5.38 Å². The van der Waals surface area contributed by atoms with Crippen molar-refractivity contribution >= 4 is 50.3 Å². The van der Waals surface area contributed by atoms with Crippen LogP contribution < -0.4 is 0 Å². The first kappa shape index (κ1) is 14.9. The minimum absolute atomic E-state index is 0.244. The Hall–Kier alpha value is -1.04. The van der Waals surface area contributed by atoms with E-state index in [1.54, 1.807) is 4.68 Å². The topological polar surface area (TPSA) is 35.6 Å². The van der Waals surface area contributed by atoms with Crippen LogP contribution in [0.1, 0.15) is 23.8 Å². The molecular weight excluding hydrogens is 375 g/mol. The molecule has 0 saturated carbocycles. The van der Waals surface area contributed by atoms with Crippen molar-refractivity contribution < 1.29 is 0 Å². The number of hydrogen-bond donors (Lipinski definition) is 0. The fourth-order valence-electron chi connectivity index (χ4n) is 2.45. The normalized spacial score (nSPS) is 13.0. The first-order valence-electron chi connectivity index (χ1n) is 6.41. The van der Waals surface area contributed by atoms with Crippen LogP contribution >= 0.6 is 39.1 Å². The number of nitrogens with zero attached hydrogens (tertiary/aromatic N) is 4. The lowest BCUT2D eigenvalue weighted by atomic mass is 10.3. The number of hydrogen-bond acceptors (Lipinski definition) is 2. The van der Waals surface area contributed by atoms with Gasteiger partial charge >= 0.3 is 0 Å². The molecule has 4 nitrogen and oxygen atoms in total. The van der Waals surface area contributed by atoms with Gasteiger partial charge < -0.3 is 0 Å². The maximum absolute atomic E-state index is 6.38. The van der Waals surface area contributed by atoms with Crippen molar-refractivity contribution in [1.29, 1.82) is 0 Å². The summed E-state index contributed by atoms with van der Waals surface area (Å²) in [7, 11) is 1.89. The van der Waals surface area contributed by atoms with Crippen molar-refractivity contribution in [2.75, 3.05) is 0 Å². The van der Waals surface area contributed by atoms with Crippen LogP contribution in [-0.4, -0.2) is 19.3 Å². The molecule has 21 heavy (non-hydrogen) atoms. The predicted molar refractivity (Wildman–Crippen MR) is 89.6 cm³/mol. The Morgan fingerprint density at radius 2 is 2.05 bits per heavy atom. The molecule has 3 rings (SSSR count). The van der Waals surface area contributed by atoms with Crippen LogP contribution in [0.4, 0.5) is 0 Å². The predicted octanol–water partition coefficient (Wildman–Crippen LogP) is 4.78. The van der Waals surface area contributed by atoms with Crippen molar-refractivity contribution in [3.05, 3.63) is 39.2 Å². The second-order valence-corrected chi connectivity index (χ2v) is 6.88. The molecule has 0 bridgehead atoms. The first-order chi connectivity index (χ1) is 9.90. The van der Waals surface area contributed by atoms with Gasteiger partial charge in [-0.15, -0.1) is 11.6 Å². The molecule has 110 valence electrons. The summed E-state index contributed by atoms with van der Waals surface area (Å²) in [5.41, 5.74) is 3.43. The van der Waals surface area contributed by atoms with Gasteiger partial charge in [0.1, 0.15) is 11.3 Å². The van der Waals surface area contributed by atoms with E-state index in [9.17, 15) is 0 Å². The van der Waals surface area contributed by atoms with Crippen molar-refractivity contribution in [3.63, 3.8) is 0 Å². The molecule has 0 radical (unpaired) electrons. The van der Waals surface area contributed by atoms with E-state index in [0.29, 0.717) is 5.02 Å². The molecule has 0 amide bonds. The number of aromatic nitrogens is 4. The van der Waals surface area contributed by atoms with Gasteiger partial charge in [-0.05, 0) is 32.0 Å². The molecule has 0 spiro atoms. The molecular formula is C14H13BrCl2N4. The Balaban J connectivity index is 2.44. The Labute approximate surface area is 140 Å². The largest absolute Gasteiger partial charge is 0.278 e. The summed E-state index contributed by atoms with van der Waals surface area (Å²) in [6, 6.07) is 5.70. The molecule has 0 saturated heterocycles. The van der Waals surface area contributed by atoms with Crippen LogP contribution in [-0.2, 0) is 7.05 Å². The van der Waals surface area contributed by atoms with Crippen LogP contribution in [0.2, 0.25) is 5.02 Å². The number of rotatable bonds is 2. The van der Waals surface area contributed by atoms with Gasteiger partial charge in [0.25, 0.3) is 0 Å². The average molecular weight is 388 g/mol. The Kier molecular flexibility index (Phi) is 3.76. The monoisotopic (exact) mass is 386 g/mol. The summed E-state index contributed by atoms with van der Waals surface area (Å²) in [6.45, 7) is 3.83. The van der Waals surface area contributed by atoms with E-state index in [0.717, 1.165) is 32.8 Å². The van der Waals surface area contributed by atoms with Crippen molar-refractivity contribution in [3.8, 4) is 5.69 Å². The van der Waals surface area contributed by atoms with Gasteiger partial charge in [-0.2, -0.15) is 5.10 Å². The average Bonchev–Trinajstić information content (AvgIpc) is 2.92. The van der Waals surface area contributed by atoms with Gasteiger partial charge in [0.2, 0.25) is 0 Å². The number of halogens is 3. The minimum Gasteiger partial charge on any atom is -0.278 e. The first-order valence-corrected chi connectivity index (χ1v) is 8.02. The van der Waals surface area contributed by atoms with E-state index < -0.39 is 0 Å². The highest BCUT2D eigenvalue weighted by molar-refractivity contribution is 9.10. The zero-order chi connectivity index (χ0) is 15.3. The molecule has 7 heteroatoms. The maximum Gasteiger partial charge on any atom is 0.163 e. The molecule has 1 aromatic carbocycles. The second kappa shape index (κ2) is 5.30. The molecule has 2 aromatic heterocycles. The molecule has 0 aliphatic rings. The van der Waals surface area contributed by atoms with Gasteiger partial charge in [-0.3, -0.25) is 4.57 Å². The van der Waals surface area contributed by atoms with Gasteiger partial charge in [0.05, 0.1) is 21.8 Å². The third-order valence-electron chi connectivity index (χ3n) is 3.33. The smallest absolute Gasteiger partial charge is 0.163 e. The van der Waals surface area contributed by atoms with Crippen molar-refractivity contribution in [2.45, 2.75) is 19.2 Å². The molecule has 0 aliphatic heterocycles. The van der Waals surface area contributed by atoms with Crippen molar-refractivity contribution in [2.24, 2.45) is 7.05 Å². The third-order valence-corrected chi connectivity index (χ3v) is 4.34. The summed E-state index contributed by atoms with van der Waals surface area (Å²) in [4.78, 5) is 4.65. The molecule has 2 heterocycles. The molecule has 1 atom stereocenters. The number of fused-ring (bicyclic) bond motifs is 1. The number of imidazole rings is 1. The highest BCUT2D eigenvalue weighted by atomic mass is 79.9. The highest BCUT2D eigenvalue weighted by Gasteiger charge is 2.22. The molecule has 0 N–H and O–H groups in total. The SMILES string of the molecule is Cc1nn(C)c2c1nc(C(C)Cl)n2-c1cc(Br)ccc1Cl. The van der Waals surface area contributed by atoms with Gasteiger partial charge in [0, 0.05) is 11.5 Å². The highest BCUT2D eigenvalue weighted by Crippen LogP contribution is 2.33. The minimum atomic E-state index is -0.244. The van der Waals surface area contributed by atoms with Crippen LogP contribution in [0.5, 0.6) is 0 Å². The zero-order valence-electron chi connectivity index (χ0n) is 11.7. The fraction of sp³-hybridized carbons (Fsp3) is 0.286. The molecule has 3 aromatic rings. The van der Waals surface area contributed by atoms with Crippen LogP contribution in [0.3, 0.4) is 0 Å². The molecule has 0 aliphatic carbocycles. The zero-order valence-corrected chi connectivity index (χ0v) is 14.8. The lowest BCUT2D eigenvalue weighted by Gasteiger charge is -2.13. The lowest BCUT2D eigenvalue weighted by molar-refractivity contribution is 0.748. The Bertz CT molecular complexity index is 835. The number of aryl methyl sites for hydroxylation is 2. The summed E-state index contributed by atoms with van der Waals surface area (Å²) in [5, 5.41) is 4.81. The Morgan fingerprint density at radius 1 is 1.33 bits per heavy atom. The van der Waals surface area contributed by atoms with Crippen LogP contribution in [0.15, 0.2) is 22.7 Å². The second-order valence-electron chi connectivity index (χ2n) is 4.90. The molecule has 1 unspecified atom stereocenters.